The minimum atomic E-state index is -4.37. The van der Waals surface area contributed by atoms with Crippen molar-refractivity contribution >= 4 is 39.1 Å². The fourth-order valence-corrected chi connectivity index (χ4v) is 3.68. The maximum Gasteiger partial charge on any atom is 0.425 e. The average molecular weight is 460 g/mol. The maximum atomic E-state index is 12.6. The first-order chi connectivity index (χ1) is 15.4. The molecule has 0 radical (unpaired) electrons. The maximum absolute atomic E-state index is 12.6. The summed E-state index contributed by atoms with van der Waals surface area (Å²) in [5.41, 5.74) is 3.09. The summed E-state index contributed by atoms with van der Waals surface area (Å²) in [7, 11) is 0. The molecule has 0 amide bonds. The van der Waals surface area contributed by atoms with Crippen molar-refractivity contribution in [1.82, 2.24) is 0 Å². The molecule has 0 fully saturated rings. The van der Waals surface area contributed by atoms with Crippen LogP contribution in [-0.2, 0) is 6.18 Å². The van der Waals surface area contributed by atoms with Gasteiger partial charge in [-0.1, -0.05) is 13.8 Å². The second-order valence-electron chi connectivity index (χ2n) is 7.06. The number of azo groups is 2. The predicted octanol–water partition coefficient (Wildman–Crippen LogP) is 9.22. The Bertz CT molecular complexity index is 1030. The van der Waals surface area contributed by atoms with Crippen LogP contribution in [-0.4, -0.2) is 13.1 Å². The highest BCUT2D eigenvalue weighted by atomic mass is 32.1. The topological polar surface area (TPSA) is 52.7 Å². The molecule has 2 aromatic carbocycles. The molecule has 0 unspecified atom stereocenters. The monoisotopic (exact) mass is 459 g/mol. The van der Waals surface area contributed by atoms with Gasteiger partial charge >= 0.3 is 6.18 Å². The van der Waals surface area contributed by atoms with E-state index in [4.69, 9.17) is 0 Å². The highest BCUT2D eigenvalue weighted by molar-refractivity contribution is 7.15. The summed E-state index contributed by atoms with van der Waals surface area (Å²) in [5, 5.41) is 16.5. The lowest BCUT2D eigenvalue weighted by Gasteiger charge is -2.23. The van der Waals surface area contributed by atoms with Crippen LogP contribution in [0.2, 0.25) is 0 Å². The summed E-state index contributed by atoms with van der Waals surface area (Å²) in [6.45, 7) is 6.39. The lowest BCUT2D eigenvalue weighted by Crippen LogP contribution is -2.24. The first kappa shape index (κ1) is 23.6. The van der Waals surface area contributed by atoms with E-state index in [1.54, 1.807) is 24.3 Å². The number of anilines is 1. The van der Waals surface area contributed by atoms with Crippen LogP contribution in [0.4, 0.5) is 40.9 Å². The van der Waals surface area contributed by atoms with Crippen LogP contribution in [0.5, 0.6) is 0 Å². The molecule has 0 aliphatic carbocycles. The second kappa shape index (κ2) is 11.0. The van der Waals surface area contributed by atoms with E-state index in [2.05, 4.69) is 51.3 Å². The van der Waals surface area contributed by atoms with E-state index in [9.17, 15) is 13.2 Å². The molecule has 1 aromatic heterocycles. The normalized spacial score (nSPS) is 12.2. The predicted molar refractivity (Wildman–Crippen MR) is 123 cm³/mol. The zero-order valence-corrected chi connectivity index (χ0v) is 18.7. The number of thiophene rings is 1. The van der Waals surface area contributed by atoms with Crippen molar-refractivity contribution in [2.75, 3.05) is 18.0 Å². The summed E-state index contributed by atoms with van der Waals surface area (Å²) in [4.78, 5) is 1.66. The fraction of sp³-hybridized carbons (Fsp3) is 0.304. The standard InChI is InChI=1S/C23H24F3N5S/c1-3-15-31(16-4-2)20-11-9-19(10-12-20)28-27-17-5-7-18(8-6-17)29-30-22-14-13-21(32-22)23(24,25)26/h5-14H,3-4,15-16H2,1-2H3/b28-27+,30-29+. The molecule has 0 bridgehead atoms. The molecule has 0 atom stereocenters. The van der Waals surface area contributed by atoms with Crippen LogP contribution in [0.3, 0.4) is 0 Å². The zero-order chi connectivity index (χ0) is 23.0. The highest BCUT2D eigenvalue weighted by Crippen LogP contribution is 2.38. The summed E-state index contributed by atoms with van der Waals surface area (Å²) < 4.78 is 37.9. The second-order valence-corrected chi connectivity index (χ2v) is 8.12. The van der Waals surface area contributed by atoms with Gasteiger partial charge in [-0.05, 0) is 73.5 Å². The third-order valence-corrected chi connectivity index (χ3v) is 5.48. The van der Waals surface area contributed by atoms with E-state index in [0.29, 0.717) is 22.7 Å². The van der Waals surface area contributed by atoms with Crippen molar-refractivity contribution < 1.29 is 13.2 Å². The Hall–Kier alpha value is -3.07. The number of rotatable bonds is 9. The number of hydrogen-bond acceptors (Lipinski definition) is 6. The third kappa shape index (κ3) is 6.71. The quantitative estimate of drug-likeness (QED) is 0.294. The summed E-state index contributed by atoms with van der Waals surface area (Å²) in [6.07, 6.45) is -2.17. The molecule has 3 rings (SSSR count). The van der Waals surface area contributed by atoms with Gasteiger partial charge in [0.2, 0.25) is 0 Å². The van der Waals surface area contributed by atoms with E-state index in [0.717, 1.165) is 37.7 Å². The van der Waals surface area contributed by atoms with Crippen LogP contribution in [0.1, 0.15) is 31.6 Å². The SMILES string of the molecule is CCCN(CCC)c1ccc(/N=N/c2ccc(/N=N/c3ccc(C(F)(F)F)s3)cc2)cc1. The Morgan fingerprint density at radius 3 is 1.59 bits per heavy atom. The van der Waals surface area contributed by atoms with Crippen molar-refractivity contribution in [3.63, 3.8) is 0 Å². The van der Waals surface area contributed by atoms with Crippen molar-refractivity contribution in [2.45, 2.75) is 32.9 Å². The summed E-state index contributed by atoms with van der Waals surface area (Å²) in [5.74, 6) is 0. The molecular weight excluding hydrogens is 435 g/mol. The smallest absolute Gasteiger partial charge is 0.372 e. The Kier molecular flexibility index (Phi) is 8.10. The molecule has 168 valence electrons. The number of hydrogen-bond donors (Lipinski definition) is 0. The van der Waals surface area contributed by atoms with E-state index in [1.165, 1.54) is 11.8 Å². The Labute approximate surface area is 189 Å². The zero-order valence-electron chi connectivity index (χ0n) is 17.9. The van der Waals surface area contributed by atoms with Gasteiger partial charge in [0, 0.05) is 18.8 Å². The van der Waals surface area contributed by atoms with Crippen LogP contribution in [0.25, 0.3) is 0 Å². The van der Waals surface area contributed by atoms with Crippen molar-refractivity contribution in [3.8, 4) is 0 Å². The van der Waals surface area contributed by atoms with E-state index < -0.39 is 11.1 Å². The van der Waals surface area contributed by atoms with Gasteiger partial charge < -0.3 is 4.90 Å². The van der Waals surface area contributed by atoms with Gasteiger partial charge in [-0.3, -0.25) is 0 Å². The molecule has 0 aliphatic heterocycles. The van der Waals surface area contributed by atoms with Gasteiger partial charge in [0.05, 0.1) is 17.1 Å². The van der Waals surface area contributed by atoms with Gasteiger partial charge in [-0.15, -0.1) is 21.6 Å². The highest BCUT2D eigenvalue weighted by Gasteiger charge is 2.32. The molecule has 0 saturated carbocycles. The largest absolute Gasteiger partial charge is 0.425 e. The Morgan fingerprint density at radius 1 is 0.688 bits per heavy atom. The Morgan fingerprint density at radius 2 is 1.16 bits per heavy atom. The summed E-state index contributed by atoms with van der Waals surface area (Å²) >= 11 is 0.554. The molecule has 5 nitrogen and oxygen atoms in total. The van der Waals surface area contributed by atoms with E-state index >= 15 is 0 Å². The molecule has 0 aliphatic rings. The van der Waals surface area contributed by atoms with Gasteiger partial charge in [0.15, 0.2) is 0 Å². The lowest BCUT2D eigenvalue weighted by atomic mass is 10.2. The molecule has 0 spiro atoms. The molecular formula is C23H24F3N5S. The third-order valence-electron chi connectivity index (χ3n) is 4.47. The van der Waals surface area contributed by atoms with Gasteiger partial charge in [0.1, 0.15) is 9.88 Å². The van der Waals surface area contributed by atoms with Gasteiger partial charge in [-0.2, -0.15) is 23.4 Å². The van der Waals surface area contributed by atoms with Crippen molar-refractivity contribution in [3.05, 3.63) is 65.5 Å². The Balaban J connectivity index is 1.61. The molecule has 0 saturated heterocycles. The number of halogens is 3. The van der Waals surface area contributed by atoms with Crippen LogP contribution < -0.4 is 4.90 Å². The van der Waals surface area contributed by atoms with Crippen LogP contribution in [0, 0.1) is 0 Å². The minimum Gasteiger partial charge on any atom is -0.372 e. The van der Waals surface area contributed by atoms with E-state index in [1.807, 2.05) is 12.1 Å². The van der Waals surface area contributed by atoms with Crippen LogP contribution in [0.15, 0.2) is 81.1 Å². The number of alkyl halides is 3. The molecule has 32 heavy (non-hydrogen) atoms. The fourth-order valence-electron chi connectivity index (χ4n) is 2.98. The number of benzene rings is 2. The van der Waals surface area contributed by atoms with Gasteiger partial charge in [-0.25, -0.2) is 0 Å². The lowest BCUT2D eigenvalue weighted by molar-refractivity contribution is -0.134. The number of nitrogens with zero attached hydrogens (tertiary/aromatic N) is 5. The van der Waals surface area contributed by atoms with Crippen molar-refractivity contribution in [2.24, 2.45) is 20.5 Å². The van der Waals surface area contributed by atoms with Crippen LogP contribution >= 0.6 is 11.3 Å². The molecule has 9 heteroatoms. The first-order valence-corrected chi connectivity index (χ1v) is 11.2. The minimum absolute atomic E-state index is 0.195. The van der Waals surface area contributed by atoms with Crippen molar-refractivity contribution in [1.29, 1.82) is 0 Å². The summed E-state index contributed by atoms with van der Waals surface area (Å²) in [6, 6.07) is 17.1. The molecule has 3 aromatic rings. The first-order valence-electron chi connectivity index (χ1n) is 10.3. The molecule has 0 N–H and O–H groups in total. The van der Waals surface area contributed by atoms with E-state index in [-0.39, 0.29) is 5.00 Å². The average Bonchev–Trinajstić information content (AvgIpc) is 3.27. The van der Waals surface area contributed by atoms with Gasteiger partial charge in [0.25, 0.3) is 0 Å². The molecule has 1 heterocycles.